The average Bonchev–Trinajstić information content (AvgIpc) is 3.47. The van der Waals surface area contributed by atoms with E-state index in [9.17, 15) is 14.4 Å². The van der Waals surface area contributed by atoms with E-state index in [4.69, 9.17) is 9.84 Å². The summed E-state index contributed by atoms with van der Waals surface area (Å²) >= 11 is 1.20. The second-order valence-electron chi connectivity index (χ2n) is 8.27. The highest BCUT2D eigenvalue weighted by molar-refractivity contribution is 7.09. The third kappa shape index (κ3) is 6.24. The number of carboxylic acid groups (broad SMARTS) is 1. The number of hydrogen-bond donors (Lipinski definition) is 3. The predicted molar refractivity (Wildman–Crippen MR) is 132 cm³/mol. The quantitative estimate of drug-likeness (QED) is 0.337. The van der Waals surface area contributed by atoms with Crippen molar-refractivity contribution in [2.75, 3.05) is 13.2 Å². The first kappa shape index (κ1) is 24.4. The highest BCUT2D eigenvalue weighted by Gasteiger charge is 2.28. The third-order valence-electron chi connectivity index (χ3n) is 5.90. The van der Waals surface area contributed by atoms with Crippen LogP contribution < -0.4 is 10.6 Å². The molecule has 8 nitrogen and oxygen atoms in total. The maximum Gasteiger partial charge on any atom is 0.407 e. The van der Waals surface area contributed by atoms with Gasteiger partial charge in [0.25, 0.3) is 0 Å². The Morgan fingerprint density at radius 3 is 2.29 bits per heavy atom. The van der Waals surface area contributed by atoms with Gasteiger partial charge in [-0.3, -0.25) is 4.79 Å². The number of amides is 2. The van der Waals surface area contributed by atoms with Gasteiger partial charge in [0.2, 0.25) is 5.91 Å². The Kier molecular flexibility index (Phi) is 8.10. The summed E-state index contributed by atoms with van der Waals surface area (Å²) in [5.74, 6) is -1.15. The third-order valence-corrected chi connectivity index (χ3v) is 6.75. The molecule has 1 aliphatic carbocycles. The van der Waals surface area contributed by atoms with Crippen LogP contribution in [-0.4, -0.2) is 41.2 Å². The van der Waals surface area contributed by atoms with Gasteiger partial charge in [-0.2, -0.15) is 0 Å². The maximum atomic E-state index is 12.2. The van der Waals surface area contributed by atoms with Crippen LogP contribution in [0, 0.1) is 0 Å². The predicted octanol–water partition coefficient (Wildman–Crippen LogP) is 4.56. The molecule has 3 aromatic rings. The largest absolute Gasteiger partial charge is 0.476 e. The van der Waals surface area contributed by atoms with Crippen molar-refractivity contribution in [2.24, 2.45) is 0 Å². The highest BCUT2D eigenvalue weighted by Crippen LogP contribution is 2.44. The molecule has 0 unspecified atom stereocenters. The minimum atomic E-state index is -1.08. The molecule has 2 amide bonds. The normalized spacial score (nSPS) is 12.0. The summed E-state index contributed by atoms with van der Waals surface area (Å²) in [6.07, 6.45) is 2.15. The fourth-order valence-corrected chi connectivity index (χ4v) is 4.89. The van der Waals surface area contributed by atoms with E-state index >= 15 is 0 Å². The van der Waals surface area contributed by atoms with Gasteiger partial charge in [0.1, 0.15) is 11.6 Å². The van der Waals surface area contributed by atoms with Crippen molar-refractivity contribution in [3.63, 3.8) is 0 Å². The Morgan fingerprint density at radius 1 is 0.943 bits per heavy atom. The van der Waals surface area contributed by atoms with Crippen LogP contribution in [0.15, 0.2) is 53.9 Å². The summed E-state index contributed by atoms with van der Waals surface area (Å²) in [5.41, 5.74) is 4.73. The van der Waals surface area contributed by atoms with Crippen LogP contribution in [0.4, 0.5) is 4.79 Å². The molecule has 4 rings (SSSR count). The highest BCUT2D eigenvalue weighted by atomic mass is 32.1. The number of aromatic carboxylic acids is 1. The Labute approximate surface area is 207 Å². The molecular weight excluding hydrogens is 466 g/mol. The zero-order valence-corrected chi connectivity index (χ0v) is 20.0. The number of alkyl carbamates (subject to hydrolysis) is 1. The molecule has 3 N–H and O–H groups in total. The zero-order valence-electron chi connectivity index (χ0n) is 19.2. The molecule has 0 spiro atoms. The van der Waals surface area contributed by atoms with Gasteiger partial charge in [-0.25, -0.2) is 14.6 Å². The van der Waals surface area contributed by atoms with Crippen molar-refractivity contribution >= 4 is 29.3 Å². The minimum absolute atomic E-state index is 0.0110. The number of benzene rings is 2. The molecule has 35 heavy (non-hydrogen) atoms. The monoisotopic (exact) mass is 493 g/mol. The lowest BCUT2D eigenvalue weighted by Gasteiger charge is -2.14. The van der Waals surface area contributed by atoms with Crippen molar-refractivity contribution in [3.05, 3.63) is 75.7 Å². The number of unbranched alkanes of at least 4 members (excludes halogenated alkanes) is 2. The smallest absolute Gasteiger partial charge is 0.407 e. The van der Waals surface area contributed by atoms with E-state index in [1.165, 1.54) is 39.0 Å². The van der Waals surface area contributed by atoms with Gasteiger partial charge in [0.15, 0.2) is 5.69 Å². The van der Waals surface area contributed by atoms with Crippen molar-refractivity contribution in [3.8, 4) is 11.1 Å². The van der Waals surface area contributed by atoms with Gasteiger partial charge in [-0.15, -0.1) is 11.3 Å². The number of carboxylic acids is 1. The fraction of sp³-hybridized carbons (Fsp3) is 0.308. The second kappa shape index (κ2) is 11.6. The van der Waals surface area contributed by atoms with Crippen LogP contribution in [0.25, 0.3) is 11.1 Å². The molecule has 182 valence electrons. The van der Waals surface area contributed by atoms with E-state index in [-0.39, 0.29) is 30.7 Å². The number of nitrogens with zero attached hydrogens (tertiary/aromatic N) is 1. The van der Waals surface area contributed by atoms with Crippen LogP contribution in [0.5, 0.6) is 0 Å². The number of carbonyl (C=O) groups is 3. The lowest BCUT2D eigenvalue weighted by molar-refractivity contribution is -0.121. The molecule has 2 aromatic carbocycles. The molecule has 0 radical (unpaired) electrons. The molecule has 0 saturated carbocycles. The van der Waals surface area contributed by atoms with Crippen LogP contribution in [0.3, 0.4) is 0 Å². The molecular formula is C26H27N3O5S. The average molecular weight is 494 g/mol. The lowest BCUT2D eigenvalue weighted by Crippen LogP contribution is -2.27. The number of nitrogens with one attached hydrogen (secondary N) is 2. The lowest BCUT2D eigenvalue weighted by atomic mass is 9.98. The molecule has 1 aliphatic rings. The number of hydrogen-bond acceptors (Lipinski definition) is 6. The molecule has 0 atom stereocenters. The Balaban J connectivity index is 1.10. The molecule has 1 aromatic heterocycles. The first-order valence-electron chi connectivity index (χ1n) is 11.6. The van der Waals surface area contributed by atoms with E-state index in [0.29, 0.717) is 24.4 Å². The summed E-state index contributed by atoms with van der Waals surface area (Å²) in [4.78, 5) is 38.9. The summed E-state index contributed by atoms with van der Waals surface area (Å²) in [5, 5.41) is 16.4. The number of thiazole rings is 1. The van der Waals surface area contributed by atoms with Gasteiger partial charge >= 0.3 is 12.1 Å². The second-order valence-corrected chi connectivity index (χ2v) is 9.21. The Bertz CT molecular complexity index is 1160. The molecule has 0 bridgehead atoms. The standard InChI is InChI=1S/C26H27N3O5S/c30-23(28-14-24-29-22(16-35-24)25(31)32)12-2-1-7-13-27-26(33)34-15-21-19-10-5-3-8-17(19)18-9-4-6-11-20(18)21/h3-6,8-11,16,21H,1-2,7,12-15H2,(H,27,33)(H,28,30)(H,31,32). The summed E-state index contributed by atoms with van der Waals surface area (Å²) in [7, 11) is 0. The number of rotatable bonds is 11. The van der Waals surface area contributed by atoms with E-state index in [1.54, 1.807) is 0 Å². The molecule has 0 fully saturated rings. The van der Waals surface area contributed by atoms with E-state index in [2.05, 4.69) is 39.9 Å². The summed E-state index contributed by atoms with van der Waals surface area (Å²) < 4.78 is 5.52. The van der Waals surface area contributed by atoms with E-state index in [1.807, 2.05) is 24.3 Å². The van der Waals surface area contributed by atoms with Gasteiger partial charge in [0, 0.05) is 24.3 Å². The summed E-state index contributed by atoms with van der Waals surface area (Å²) in [6.45, 7) is 0.989. The van der Waals surface area contributed by atoms with Gasteiger partial charge < -0.3 is 20.5 Å². The van der Waals surface area contributed by atoms with Crippen molar-refractivity contribution in [2.45, 2.75) is 38.1 Å². The SMILES string of the molecule is O=C(CCCCCNC(=O)OCC1c2ccccc2-c2ccccc21)NCc1nc(C(=O)O)cs1. The van der Waals surface area contributed by atoms with Gasteiger partial charge in [-0.1, -0.05) is 55.0 Å². The zero-order chi connectivity index (χ0) is 24.6. The van der Waals surface area contributed by atoms with Gasteiger partial charge in [0.05, 0.1) is 6.54 Å². The molecule has 9 heteroatoms. The molecule has 0 saturated heterocycles. The first-order chi connectivity index (χ1) is 17.0. The van der Waals surface area contributed by atoms with Crippen molar-refractivity contribution in [1.29, 1.82) is 0 Å². The van der Waals surface area contributed by atoms with Crippen LogP contribution in [0.2, 0.25) is 0 Å². The number of fused-ring (bicyclic) bond motifs is 3. The van der Waals surface area contributed by atoms with E-state index < -0.39 is 12.1 Å². The Hall–Kier alpha value is -3.72. The number of carbonyl (C=O) groups excluding carboxylic acids is 2. The van der Waals surface area contributed by atoms with Crippen LogP contribution in [-0.2, 0) is 16.1 Å². The van der Waals surface area contributed by atoms with Crippen LogP contribution >= 0.6 is 11.3 Å². The van der Waals surface area contributed by atoms with Crippen molar-refractivity contribution in [1.82, 2.24) is 15.6 Å². The minimum Gasteiger partial charge on any atom is -0.476 e. The topological polar surface area (TPSA) is 118 Å². The first-order valence-corrected chi connectivity index (χ1v) is 12.4. The molecule has 1 heterocycles. The summed E-state index contributed by atoms with van der Waals surface area (Å²) in [6, 6.07) is 16.4. The Morgan fingerprint density at radius 2 is 1.63 bits per heavy atom. The van der Waals surface area contributed by atoms with Crippen LogP contribution in [0.1, 0.15) is 58.2 Å². The number of aromatic nitrogens is 1. The maximum absolute atomic E-state index is 12.2. The fourth-order valence-electron chi connectivity index (χ4n) is 4.18. The van der Waals surface area contributed by atoms with E-state index in [0.717, 1.165) is 12.8 Å². The van der Waals surface area contributed by atoms with Crippen molar-refractivity contribution < 1.29 is 24.2 Å². The molecule has 0 aliphatic heterocycles. The van der Waals surface area contributed by atoms with Gasteiger partial charge in [-0.05, 0) is 35.1 Å². The number of ether oxygens (including phenoxy) is 1.